The van der Waals surface area contributed by atoms with Gasteiger partial charge in [-0.3, -0.25) is 4.79 Å². The van der Waals surface area contributed by atoms with Gasteiger partial charge < -0.3 is 0 Å². The molecule has 3 heteroatoms. The van der Waals surface area contributed by atoms with E-state index in [0.717, 1.165) is 28.5 Å². The van der Waals surface area contributed by atoms with Crippen LogP contribution >= 0.6 is 11.6 Å². The first-order valence-corrected chi connectivity index (χ1v) is 5.92. The van der Waals surface area contributed by atoms with E-state index in [1.54, 1.807) is 18.2 Å². The summed E-state index contributed by atoms with van der Waals surface area (Å²) in [7, 11) is 0. The smallest absolute Gasteiger partial charge is 0.150 e. The summed E-state index contributed by atoms with van der Waals surface area (Å²) in [5.74, 6) is -0.255. The van der Waals surface area contributed by atoms with Crippen molar-refractivity contribution in [1.29, 1.82) is 0 Å². The van der Waals surface area contributed by atoms with E-state index in [1.165, 1.54) is 12.1 Å². The van der Waals surface area contributed by atoms with Gasteiger partial charge in [-0.25, -0.2) is 4.39 Å². The second-order valence-electron chi connectivity index (χ2n) is 4.27. The Kier molecular flexibility index (Phi) is 3.48. The largest absolute Gasteiger partial charge is 0.298 e. The average molecular weight is 263 g/mol. The van der Waals surface area contributed by atoms with Gasteiger partial charge in [-0.2, -0.15) is 0 Å². The first-order valence-electron chi connectivity index (χ1n) is 5.55. The number of carbonyl (C=O) groups is 1. The highest BCUT2D eigenvalue weighted by Gasteiger charge is 2.11. The highest BCUT2D eigenvalue weighted by atomic mass is 35.5. The van der Waals surface area contributed by atoms with Crippen molar-refractivity contribution in [3.8, 4) is 11.1 Å². The third-order valence-electron chi connectivity index (χ3n) is 2.90. The lowest BCUT2D eigenvalue weighted by molar-refractivity contribution is 0.112. The molecule has 0 radical (unpaired) electrons. The van der Waals surface area contributed by atoms with Crippen molar-refractivity contribution >= 4 is 17.9 Å². The van der Waals surface area contributed by atoms with Crippen LogP contribution in [0.25, 0.3) is 11.1 Å². The molecule has 0 N–H and O–H groups in total. The van der Waals surface area contributed by atoms with Crippen LogP contribution in [0.15, 0.2) is 30.3 Å². The Hall–Kier alpha value is -1.67. The van der Waals surface area contributed by atoms with Gasteiger partial charge in [-0.05, 0) is 48.7 Å². The summed E-state index contributed by atoms with van der Waals surface area (Å²) in [6.07, 6.45) is 0.750. The predicted octanol–water partition coefficient (Wildman–Crippen LogP) is 4.58. The molecule has 0 heterocycles. The summed E-state index contributed by atoms with van der Waals surface area (Å²) in [4.78, 5) is 10.7. The lowest BCUT2D eigenvalue weighted by Gasteiger charge is -2.12. The first-order chi connectivity index (χ1) is 8.52. The molecule has 2 rings (SSSR count). The Labute approximate surface area is 110 Å². The summed E-state index contributed by atoms with van der Waals surface area (Å²) in [5, 5.41) is 0.498. The van der Waals surface area contributed by atoms with Crippen LogP contribution in [0, 0.1) is 19.7 Å². The molecular formula is C15H12ClFO. The van der Waals surface area contributed by atoms with Crippen molar-refractivity contribution in [2.75, 3.05) is 0 Å². The number of aldehydes is 1. The molecule has 92 valence electrons. The minimum atomic E-state index is -0.255. The molecule has 2 aromatic carbocycles. The van der Waals surface area contributed by atoms with Gasteiger partial charge in [0, 0.05) is 16.1 Å². The van der Waals surface area contributed by atoms with Crippen molar-refractivity contribution in [3.63, 3.8) is 0 Å². The van der Waals surface area contributed by atoms with Crippen LogP contribution in [0.3, 0.4) is 0 Å². The van der Waals surface area contributed by atoms with Crippen molar-refractivity contribution in [3.05, 3.63) is 57.9 Å². The molecule has 1 nitrogen and oxygen atoms in total. The zero-order valence-corrected chi connectivity index (χ0v) is 10.9. The summed E-state index contributed by atoms with van der Waals surface area (Å²) < 4.78 is 13.3. The Bertz CT molecular complexity index is 597. The zero-order chi connectivity index (χ0) is 13.3. The highest BCUT2D eigenvalue weighted by Crippen LogP contribution is 2.33. The van der Waals surface area contributed by atoms with Crippen molar-refractivity contribution in [2.24, 2.45) is 0 Å². The minimum Gasteiger partial charge on any atom is -0.298 e. The SMILES string of the molecule is Cc1cc(F)cc(C)c1-c1ccc(C=O)cc1Cl. The van der Waals surface area contributed by atoms with E-state index in [4.69, 9.17) is 11.6 Å². The maximum Gasteiger partial charge on any atom is 0.150 e. The summed E-state index contributed by atoms with van der Waals surface area (Å²) in [6.45, 7) is 3.69. The Balaban J connectivity index is 2.66. The fourth-order valence-corrected chi connectivity index (χ4v) is 2.43. The molecule has 0 aliphatic carbocycles. The van der Waals surface area contributed by atoms with Gasteiger partial charge in [0.05, 0.1) is 0 Å². The maximum atomic E-state index is 13.3. The topological polar surface area (TPSA) is 17.1 Å². The Morgan fingerprint density at radius 1 is 1.11 bits per heavy atom. The fraction of sp³-hybridized carbons (Fsp3) is 0.133. The van der Waals surface area contributed by atoms with Crippen LogP contribution in [0.5, 0.6) is 0 Å². The number of halogens is 2. The highest BCUT2D eigenvalue weighted by molar-refractivity contribution is 6.33. The van der Waals surface area contributed by atoms with E-state index in [9.17, 15) is 9.18 Å². The van der Waals surface area contributed by atoms with Gasteiger partial charge >= 0.3 is 0 Å². The van der Waals surface area contributed by atoms with Crippen LogP contribution < -0.4 is 0 Å². The molecule has 0 bridgehead atoms. The van der Waals surface area contributed by atoms with Crippen LogP contribution in [0.4, 0.5) is 4.39 Å². The van der Waals surface area contributed by atoms with Crippen LogP contribution in [-0.4, -0.2) is 6.29 Å². The number of aryl methyl sites for hydroxylation is 2. The molecule has 0 atom stereocenters. The Morgan fingerprint density at radius 3 is 2.22 bits per heavy atom. The summed E-state index contributed by atoms with van der Waals surface area (Å²) in [5.41, 5.74) is 3.92. The molecule has 0 saturated heterocycles. The molecule has 0 unspecified atom stereocenters. The standard InChI is InChI=1S/C15H12ClFO/c1-9-5-12(17)6-10(2)15(9)13-4-3-11(8-18)7-14(13)16/h3-8H,1-2H3. The van der Waals surface area contributed by atoms with Crippen molar-refractivity contribution < 1.29 is 9.18 Å². The van der Waals surface area contributed by atoms with E-state index < -0.39 is 0 Å². The molecule has 0 aliphatic rings. The number of rotatable bonds is 2. The first kappa shape index (κ1) is 12.8. The van der Waals surface area contributed by atoms with E-state index in [1.807, 2.05) is 13.8 Å². The van der Waals surface area contributed by atoms with Gasteiger partial charge in [0.15, 0.2) is 0 Å². The van der Waals surface area contributed by atoms with E-state index >= 15 is 0 Å². The minimum absolute atomic E-state index is 0.255. The number of hydrogen-bond donors (Lipinski definition) is 0. The normalized spacial score (nSPS) is 10.4. The van der Waals surface area contributed by atoms with Crippen LogP contribution in [-0.2, 0) is 0 Å². The number of carbonyl (C=O) groups excluding carboxylic acids is 1. The monoisotopic (exact) mass is 262 g/mol. The number of hydrogen-bond acceptors (Lipinski definition) is 1. The Morgan fingerprint density at radius 2 is 1.72 bits per heavy atom. The van der Waals surface area contributed by atoms with Crippen LogP contribution in [0.2, 0.25) is 5.02 Å². The lowest BCUT2D eigenvalue weighted by Crippen LogP contribution is -1.92. The van der Waals surface area contributed by atoms with Gasteiger partial charge in [-0.1, -0.05) is 23.7 Å². The average Bonchev–Trinajstić information content (AvgIpc) is 2.29. The third-order valence-corrected chi connectivity index (χ3v) is 3.21. The molecule has 2 aromatic rings. The van der Waals surface area contributed by atoms with Crippen LogP contribution in [0.1, 0.15) is 21.5 Å². The van der Waals surface area contributed by atoms with Crippen molar-refractivity contribution in [1.82, 2.24) is 0 Å². The zero-order valence-electron chi connectivity index (χ0n) is 10.1. The van der Waals surface area contributed by atoms with Crippen molar-refractivity contribution in [2.45, 2.75) is 13.8 Å². The molecule has 0 aliphatic heterocycles. The second-order valence-corrected chi connectivity index (χ2v) is 4.68. The third kappa shape index (κ3) is 2.29. The molecule has 18 heavy (non-hydrogen) atoms. The molecule has 0 saturated carbocycles. The van der Waals surface area contributed by atoms with Gasteiger partial charge in [0.1, 0.15) is 12.1 Å². The van der Waals surface area contributed by atoms with Gasteiger partial charge in [0.25, 0.3) is 0 Å². The summed E-state index contributed by atoms with van der Waals surface area (Å²) in [6, 6.07) is 8.07. The second kappa shape index (κ2) is 4.91. The number of benzene rings is 2. The van der Waals surface area contributed by atoms with Gasteiger partial charge in [-0.15, -0.1) is 0 Å². The molecular weight excluding hydrogens is 251 g/mol. The molecule has 0 spiro atoms. The lowest BCUT2D eigenvalue weighted by atomic mass is 9.95. The molecule has 0 aromatic heterocycles. The molecule has 0 fully saturated rings. The van der Waals surface area contributed by atoms with E-state index in [-0.39, 0.29) is 5.82 Å². The molecule has 0 amide bonds. The van der Waals surface area contributed by atoms with E-state index in [2.05, 4.69) is 0 Å². The summed E-state index contributed by atoms with van der Waals surface area (Å²) >= 11 is 6.17. The maximum absolute atomic E-state index is 13.3. The fourth-order valence-electron chi connectivity index (χ4n) is 2.14. The van der Waals surface area contributed by atoms with E-state index in [0.29, 0.717) is 10.6 Å². The quantitative estimate of drug-likeness (QED) is 0.724. The predicted molar refractivity (Wildman–Crippen MR) is 71.7 cm³/mol. The van der Waals surface area contributed by atoms with Gasteiger partial charge in [0.2, 0.25) is 0 Å².